The van der Waals surface area contributed by atoms with Gasteiger partial charge in [0.15, 0.2) is 18.2 Å². The quantitative estimate of drug-likeness (QED) is 0.555. The molecule has 11 heteroatoms. The molecule has 2 fully saturated rings. The zero-order valence-electron chi connectivity index (χ0n) is 19.6. The molecule has 2 atom stereocenters. The number of phenols is 1. The highest BCUT2D eigenvalue weighted by molar-refractivity contribution is 5.95. The standard InChI is InChI=1S/C26H22N6O5/c27-9-17-4-2-6-19(28-17)18-5-1-3-15(24(18)34)10-31-11-16-12-32(26(35)37-21(16)13-31)22-8-7-20-25(29-22)30-23(33)14-36-20/h1-8,16,21,34H,10-14H2,(H,29,30,33)/t16-,21-/m0/s1. The van der Waals surface area contributed by atoms with Crippen molar-refractivity contribution in [2.24, 2.45) is 5.92 Å². The minimum absolute atomic E-state index is 0.0423. The SMILES string of the molecule is N#Cc1cccc(-c2cccc(CN3C[C@H]4CN(c5ccc6c(n5)NC(=O)CO6)C(=O)O[C@H]4C3)c2O)n1. The van der Waals surface area contributed by atoms with Crippen LogP contribution >= 0.6 is 0 Å². The Morgan fingerprint density at radius 3 is 2.81 bits per heavy atom. The van der Waals surface area contributed by atoms with Crippen LogP contribution in [-0.4, -0.2) is 64.3 Å². The molecular weight excluding hydrogens is 476 g/mol. The number of anilines is 2. The number of nitriles is 1. The Bertz CT molecular complexity index is 1450. The monoisotopic (exact) mass is 498 g/mol. The fraction of sp³-hybridized carbons (Fsp3) is 0.269. The minimum Gasteiger partial charge on any atom is -0.507 e. The third-order valence-electron chi connectivity index (χ3n) is 6.74. The van der Waals surface area contributed by atoms with Crippen molar-refractivity contribution in [3.05, 3.63) is 59.8 Å². The van der Waals surface area contributed by atoms with E-state index in [2.05, 4.69) is 20.2 Å². The van der Waals surface area contributed by atoms with E-state index in [4.69, 9.17) is 14.7 Å². The van der Waals surface area contributed by atoms with Crippen LogP contribution in [0, 0.1) is 17.2 Å². The minimum atomic E-state index is -0.494. The van der Waals surface area contributed by atoms with Crippen molar-refractivity contribution in [1.29, 1.82) is 5.26 Å². The second-order valence-electron chi connectivity index (χ2n) is 9.17. The normalized spacial score (nSPS) is 20.8. The number of hydrogen-bond acceptors (Lipinski definition) is 9. The second-order valence-corrected chi connectivity index (χ2v) is 9.17. The molecule has 0 spiro atoms. The number of likely N-dealkylation sites (tertiary alicyclic amines) is 1. The van der Waals surface area contributed by atoms with Crippen LogP contribution in [0.5, 0.6) is 11.5 Å². The highest BCUT2D eigenvalue weighted by Crippen LogP contribution is 2.35. The summed E-state index contributed by atoms with van der Waals surface area (Å²) >= 11 is 0. The van der Waals surface area contributed by atoms with Gasteiger partial charge in [-0.15, -0.1) is 0 Å². The van der Waals surface area contributed by atoms with Crippen molar-refractivity contribution in [1.82, 2.24) is 14.9 Å². The predicted molar refractivity (Wildman–Crippen MR) is 131 cm³/mol. The van der Waals surface area contributed by atoms with Gasteiger partial charge in [-0.3, -0.25) is 14.6 Å². The third kappa shape index (κ3) is 4.28. The molecule has 3 aliphatic heterocycles. The smallest absolute Gasteiger partial charge is 0.415 e. The maximum Gasteiger partial charge on any atom is 0.415 e. The zero-order valence-corrected chi connectivity index (χ0v) is 19.6. The van der Waals surface area contributed by atoms with Crippen LogP contribution in [0.15, 0.2) is 48.5 Å². The summed E-state index contributed by atoms with van der Waals surface area (Å²) in [5, 5.41) is 22.8. The lowest BCUT2D eigenvalue weighted by Gasteiger charge is -2.33. The van der Waals surface area contributed by atoms with Gasteiger partial charge in [0.2, 0.25) is 0 Å². The summed E-state index contributed by atoms with van der Waals surface area (Å²) in [6.45, 7) is 2.00. The molecule has 2 N–H and O–H groups in total. The van der Waals surface area contributed by atoms with Crippen molar-refractivity contribution in [2.75, 3.05) is 36.5 Å². The highest BCUT2D eigenvalue weighted by Gasteiger charge is 2.43. The molecule has 3 aromatic rings. The Kier molecular flexibility index (Phi) is 5.58. The molecule has 37 heavy (non-hydrogen) atoms. The molecule has 0 unspecified atom stereocenters. The number of aromatic nitrogens is 2. The number of carbonyl (C=O) groups excluding carboxylic acids is 2. The molecular formula is C26H22N6O5. The van der Waals surface area contributed by atoms with Crippen molar-refractivity contribution < 1.29 is 24.2 Å². The number of fused-ring (bicyclic) bond motifs is 2. The van der Waals surface area contributed by atoms with Gasteiger partial charge in [-0.2, -0.15) is 5.26 Å². The molecule has 0 bridgehead atoms. The Labute approximate surface area is 211 Å². The average molecular weight is 498 g/mol. The summed E-state index contributed by atoms with van der Waals surface area (Å²) in [4.78, 5) is 36.7. The first-order chi connectivity index (χ1) is 18.0. The molecule has 3 aliphatic rings. The third-order valence-corrected chi connectivity index (χ3v) is 6.74. The number of aromatic hydroxyl groups is 1. The fourth-order valence-electron chi connectivity index (χ4n) is 4.97. The zero-order chi connectivity index (χ0) is 25.5. The van der Waals surface area contributed by atoms with E-state index >= 15 is 0 Å². The number of hydrogen-bond donors (Lipinski definition) is 2. The topological polar surface area (TPSA) is 141 Å². The first kappa shape index (κ1) is 22.8. The van der Waals surface area contributed by atoms with Gasteiger partial charge < -0.3 is 19.9 Å². The molecule has 0 radical (unpaired) electrons. The number of amides is 2. The number of rotatable bonds is 4. The summed E-state index contributed by atoms with van der Waals surface area (Å²) in [7, 11) is 0. The highest BCUT2D eigenvalue weighted by atomic mass is 16.6. The van der Waals surface area contributed by atoms with Gasteiger partial charge in [-0.05, 0) is 30.3 Å². The van der Waals surface area contributed by atoms with Crippen LogP contribution in [0.1, 0.15) is 11.3 Å². The van der Waals surface area contributed by atoms with E-state index in [1.54, 1.807) is 36.4 Å². The van der Waals surface area contributed by atoms with E-state index in [-0.39, 0.29) is 41.8 Å². The van der Waals surface area contributed by atoms with Crippen molar-refractivity contribution in [3.8, 4) is 28.8 Å². The van der Waals surface area contributed by atoms with Gasteiger partial charge in [-0.1, -0.05) is 18.2 Å². The number of phenolic OH excluding ortho intramolecular Hbond substituents is 1. The molecule has 6 rings (SSSR count). The summed E-state index contributed by atoms with van der Waals surface area (Å²) in [6, 6.07) is 15.9. The van der Waals surface area contributed by atoms with Gasteiger partial charge in [0.1, 0.15) is 29.4 Å². The van der Waals surface area contributed by atoms with Crippen molar-refractivity contribution in [3.63, 3.8) is 0 Å². The largest absolute Gasteiger partial charge is 0.507 e. The summed E-state index contributed by atoms with van der Waals surface area (Å²) in [5.41, 5.74) is 2.08. The van der Waals surface area contributed by atoms with E-state index in [9.17, 15) is 14.7 Å². The maximum absolute atomic E-state index is 12.8. The van der Waals surface area contributed by atoms with E-state index in [0.717, 1.165) is 5.56 Å². The summed E-state index contributed by atoms with van der Waals surface area (Å²) in [6.07, 6.45) is -0.768. The number of nitrogens with one attached hydrogen (secondary N) is 1. The lowest BCUT2D eigenvalue weighted by atomic mass is 10.0. The fourth-order valence-corrected chi connectivity index (χ4v) is 4.97. The lowest BCUT2D eigenvalue weighted by molar-refractivity contribution is -0.118. The predicted octanol–water partition coefficient (Wildman–Crippen LogP) is 2.51. The van der Waals surface area contributed by atoms with Crippen LogP contribution < -0.4 is 15.0 Å². The van der Waals surface area contributed by atoms with Crippen LogP contribution in [0.4, 0.5) is 16.4 Å². The van der Waals surface area contributed by atoms with E-state index in [1.807, 2.05) is 18.2 Å². The van der Waals surface area contributed by atoms with Crippen LogP contribution in [0.3, 0.4) is 0 Å². The molecule has 2 amide bonds. The number of nitrogens with zero attached hydrogens (tertiary/aromatic N) is 5. The molecule has 1 aromatic carbocycles. The van der Waals surface area contributed by atoms with Gasteiger partial charge >= 0.3 is 6.09 Å². The molecule has 2 saturated heterocycles. The molecule has 5 heterocycles. The van der Waals surface area contributed by atoms with Crippen LogP contribution in [-0.2, 0) is 16.1 Å². The van der Waals surface area contributed by atoms with Crippen LogP contribution in [0.25, 0.3) is 11.3 Å². The van der Waals surface area contributed by atoms with Gasteiger partial charge in [-0.25, -0.2) is 14.8 Å². The number of para-hydroxylation sites is 1. The molecule has 2 aromatic heterocycles. The first-order valence-electron chi connectivity index (χ1n) is 11.8. The van der Waals surface area contributed by atoms with Crippen LogP contribution in [0.2, 0.25) is 0 Å². The van der Waals surface area contributed by atoms with Crippen molar-refractivity contribution in [2.45, 2.75) is 12.6 Å². The molecule has 11 nitrogen and oxygen atoms in total. The lowest BCUT2D eigenvalue weighted by Crippen LogP contribution is -2.48. The maximum atomic E-state index is 12.8. The second kappa shape index (κ2) is 9.07. The Morgan fingerprint density at radius 2 is 1.95 bits per heavy atom. The number of benzene rings is 1. The number of carbonyl (C=O) groups is 2. The van der Waals surface area contributed by atoms with Gasteiger partial charge in [0.05, 0.1) is 5.69 Å². The average Bonchev–Trinajstić information content (AvgIpc) is 3.30. The van der Waals surface area contributed by atoms with E-state index in [1.165, 1.54) is 4.90 Å². The van der Waals surface area contributed by atoms with E-state index in [0.29, 0.717) is 49.0 Å². The summed E-state index contributed by atoms with van der Waals surface area (Å²) in [5.74, 6) is 0.966. The van der Waals surface area contributed by atoms with Gasteiger partial charge in [0, 0.05) is 43.2 Å². The van der Waals surface area contributed by atoms with E-state index < -0.39 is 6.09 Å². The molecule has 0 saturated carbocycles. The summed E-state index contributed by atoms with van der Waals surface area (Å²) < 4.78 is 11.1. The molecule has 0 aliphatic carbocycles. The molecule has 186 valence electrons. The van der Waals surface area contributed by atoms with Crippen molar-refractivity contribution >= 4 is 23.6 Å². The number of ether oxygens (including phenoxy) is 2. The Morgan fingerprint density at radius 1 is 1.08 bits per heavy atom. The first-order valence-corrected chi connectivity index (χ1v) is 11.8. The number of pyridine rings is 2. The Balaban J connectivity index is 1.17. The Hall–Kier alpha value is -4.69. The van der Waals surface area contributed by atoms with Gasteiger partial charge in [0.25, 0.3) is 5.91 Å².